The first-order valence-electron chi connectivity index (χ1n) is 6.14. The van der Waals surface area contributed by atoms with Gasteiger partial charge in [-0.3, -0.25) is 0 Å². The lowest BCUT2D eigenvalue weighted by Crippen LogP contribution is -2.45. The summed E-state index contributed by atoms with van der Waals surface area (Å²) in [5.74, 6) is -1.16. The molecule has 0 saturated carbocycles. The van der Waals surface area contributed by atoms with Gasteiger partial charge < -0.3 is 10.2 Å². The van der Waals surface area contributed by atoms with Crippen LogP contribution in [0.3, 0.4) is 0 Å². The third kappa shape index (κ3) is 2.97. The summed E-state index contributed by atoms with van der Waals surface area (Å²) >= 11 is 0. The summed E-state index contributed by atoms with van der Waals surface area (Å²) < 4.78 is 25.9. The van der Waals surface area contributed by atoms with Crippen molar-refractivity contribution in [1.82, 2.24) is 9.29 Å². The standard InChI is InChI=1S/C12H16N2O5S/c1-12(17)4-6-14(7-5-12)20(18,19)10-3-2-9(8-13-10)11(15)16/h2-3,8,17H,4-7H2,1H3,(H,15,16). The maximum Gasteiger partial charge on any atom is 0.337 e. The summed E-state index contributed by atoms with van der Waals surface area (Å²) in [6, 6.07) is 2.40. The fourth-order valence-corrected chi connectivity index (χ4v) is 3.35. The summed E-state index contributed by atoms with van der Waals surface area (Å²) in [5, 5.41) is 18.4. The van der Waals surface area contributed by atoms with Crippen LogP contribution in [-0.2, 0) is 10.0 Å². The van der Waals surface area contributed by atoms with Crippen molar-refractivity contribution in [1.29, 1.82) is 0 Å². The second kappa shape index (κ2) is 5.12. The molecule has 7 nitrogen and oxygen atoms in total. The van der Waals surface area contributed by atoms with Crippen LogP contribution >= 0.6 is 0 Å². The van der Waals surface area contributed by atoms with Crippen molar-refractivity contribution >= 4 is 16.0 Å². The Bertz CT molecular complexity index is 599. The van der Waals surface area contributed by atoms with Crippen molar-refractivity contribution in [3.8, 4) is 0 Å². The Morgan fingerprint density at radius 3 is 2.40 bits per heavy atom. The van der Waals surface area contributed by atoms with E-state index in [0.29, 0.717) is 12.8 Å². The van der Waals surface area contributed by atoms with E-state index < -0.39 is 21.6 Å². The highest BCUT2D eigenvalue weighted by Crippen LogP contribution is 2.25. The van der Waals surface area contributed by atoms with Crippen molar-refractivity contribution in [2.24, 2.45) is 0 Å². The number of aromatic carboxylic acids is 1. The number of sulfonamides is 1. The third-order valence-corrected chi connectivity index (χ3v) is 5.20. The molecule has 0 unspecified atom stereocenters. The van der Waals surface area contributed by atoms with Gasteiger partial charge in [-0.15, -0.1) is 0 Å². The first-order chi connectivity index (χ1) is 9.22. The fraction of sp³-hybridized carbons (Fsp3) is 0.500. The normalized spacial score (nSPS) is 19.7. The van der Waals surface area contributed by atoms with Gasteiger partial charge in [-0.1, -0.05) is 0 Å². The molecule has 1 aromatic heterocycles. The lowest BCUT2D eigenvalue weighted by Gasteiger charge is -2.34. The molecule has 0 aliphatic carbocycles. The molecule has 0 radical (unpaired) electrons. The molecule has 2 rings (SSSR count). The maximum absolute atomic E-state index is 12.3. The smallest absolute Gasteiger partial charge is 0.337 e. The monoisotopic (exact) mass is 300 g/mol. The van der Waals surface area contributed by atoms with Crippen molar-refractivity contribution < 1.29 is 23.4 Å². The molecule has 1 saturated heterocycles. The molecule has 2 heterocycles. The van der Waals surface area contributed by atoms with Crippen molar-refractivity contribution in [3.05, 3.63) is 23.9 Å². The van der Waals surface area contributed by atoms with E-state index in [1.54, 1.807) is 6.92 Å². The van der Waals surface area contributed by atoms with Crippen LogP contribution in [0.15, 0.2) is 23.4 Å². The number of aliphatic hydroxyl groups is 1. The zero-order valence-electron chi connectivity index (χ0n) is 11.0. The summed E-state index contributed by atoms with van der Waals surface area (Å²) in [7, 11) is -3.74. The van der Waals surface area contributed by atoms with E-state index >= 15 is 0 Å². The van der Waals surface area contributed by atoms with Gasteiger partial charge in [0.1, 0.15) is 0 Å². The minimum atomic E-state index is -3.74. The number of rotatable bonds is 3. The van der Waals surface area contributed by atoms with Crippen molar-refractivity contribution in [2.45, 2.75) is 30.4 Å². The lowest BCUT2D eigenvalue weighted by molar-refractivity contribution is 0.0125. The summed E-state index contributed by atoms with van der Waals surface area (Å²) in [6.45, 7) is 2.12. The highest BCUT2D eigenvalue weighted by Gasteiger charge is 2.34. The quantitative estimate of drug-likeness (QED) is 0.832. The third-order valence-electron chi connectivity index (χ3n) is 3.39. The number of nitrogens with zero attached hydrogens (tertiary/aromatic N) is 2. The molecule has 0 spiro atoms. The van der Waals surface area contributed by atoms with Crippen LogP contribution < -0.4 is 0 Å². The minimum absolute atomic E-state index is 0.0643. The predicted molar refractivity (Wildman–Crippen MR) is 69.8 cm³/mol. The predicted octanol–water partition coefficient (Wildman–Crippen LogP) is 0.315. The largest absolute Gasteiger partial charge is 0.478 e. The van der Waals surface area contributed by atoms with Crippen LogP contribution in [-0.4, -0.2) is 52.6 Å². The fourth-order valence-electron chi connectivity index (χ4n) is 2.00. The van der Waals surface area contributed by atoms with E-state index in [9.17, 15) is 18.3 Å². The minimum Gasteiger partial charge on any atom is -0.478 e. The van der Waals surface area contributed by atoms with Gasteiger partial charge in [-0.05, 0) is 31.9 Å². The average molecular weight is 300 g/mol. The highest BCUT2D eigenvalue weighted by molar-refractivity contribution is 7.89. The number of hydrogen-bond acceptors (Lipinski definition) is 5. The average Bonchev–Trinajstić information content (AvgIpc) is 2.38. The molecule has 0 bridgehead atoms. The van der Waals surface area contributed by atoms with E-state index in [4.69, 9.17) is 5.11 Å². The van der Waals surface area contributed by atoms with E-state index in [-0.39, 0.29) is 23.7 Å². The summed E-state index contributed by atoms with van der Waals surface area (Å²) in [4.78, 5) is 14.4. The number of piperidine rings is 1. The molecule has 1 aliphatic heterocycles. The van der Waals surface area contributed by atoms with Gasteiger partial charge in [-0.25, -0.2) is 18.2 Å². The van der Waals surface area contributed by atoms with Crippen LogP contribution in [0.5, 0.6) is 0 Å². The Kier molecular flexibility index (Phi) is 3.81. The number of carbonyl (C=O) groups is 1. The van der Waals surface area contributed by atoms with Gasteiger partial charge in [0.2, 0.25) is 0 Å². The Morgan fingerprint density at radius 1 is 1.35 bits per heavy atom. The molecule has 2 N–H and O–H groups in total. The number of hydrogen-bond donors (Lipinski definition) is 2. The molecule has 1 fully saturated rings. The van der Waals surface area contributed by atoms with Crippen LogP contribution in [0.25, 0.3) is 0 Å². The van der Waals surface area contributed by atoms with Gasteiger partial charge in [0, 0.05) is 19.3 Å². The lowest BCUT2D eigenvalue weighted by atomic mass is 9.95. The first kappa shape index (κ1) is 14.9. The number of carboxylic acid groups (broad SMARTS) is 1. The van der Waals surface area contributed by atoms with Gasteiger partial charge in [0.05, 0.1) is 11.2 Å². The van der Waals surface area contributed by atoms with E-state index in [2.05, 4.69) is 4.98 Å². The molecule has 8 heteroatoms. The number of pyridine rings is 1. The van der Waals surface area contributed by atoms with Crippen molar-refractivity contribution in [3.63, 3.8) is 0 Å². The molecule has 110 valence electrons. The molecular weight excluding hydrogens is 284 g/mol. The molecule has 20 heavy (non-hydrogen) atoms. The Morgan fingerprint density at radius 2 is 1.95 bits per heavy atom. The van der Waals surface area contributed by atoms with Crippen LogP contribution in [0, 0.1) is 0 Å². The number of aromatic nitrogens is 1. The first-order valence-corrected chi connectivity index (χ1v) is 7.58. The van der Waals surface area contributed by atoms with Crippen LogP contribution in [0.2, 0.25) is 0 Å². The number of carboxylic acids is 1. The Balaban J connectivity index is 2.20. The summed E-state index contributed by atoms with van der Waals surface area (Å²) in [6.07, 6.45) is 1.74. The van der Waals surface area contributed by atoms with E-state index in [1.165, 1.54) is 16.4 Å². The molecule has 0 amide bonds. The van der Waals surface area contributed by atoms with Gasteiger partial charge in [0.15, 0.2) is 5.03 Å². The van der Waals surface area contributed by atoms with E-state index in [1.807, 2.05) is 0 Å². The second-order valence-corrected chi connectivity index (χ2v) is 6.98. The zero-order chi connectivity index (χ0) is 15.0. The van der Waals surface area contributed by atoms with Gasteiger partial charge >= 0.3 is 5.97 Å². The van der Waals surface area contributed by atoms with Crippen LogP contribution in [0.1, 0.15) is 30.1 Å². The second-order valence-electron chi connectivity index (χ2n) is 5.09. The summed E-state index contributed by atoms with van der Waals surface area (Å²) in [5.41, 5.74) is -0.905. The molecule has 1 aliphatic rings. The van der Waals surface area contributed by atoms with Crippen LogP contribution in [0.4, 0.5) is 0 Å². The highest BCUT2D eigenvalue weighted by atomic mass is 32.2. The van der Waals surface area contributed by atoms with E-state index in [0.717, 1.165) is 6.20 Å². The SMILES string of the molecule is CC1(O)CCN(S(=O)(=O)c2ccc(C(=O)O)cn2)CC1. The molecular formula is C12H16N2O5S. The molecule has 0 atom stereocenters. The zero-order valence-corrected chi connectivity index (χ0v) is 11.8. The Hall–Kier alpha value is -1.51. The topological polar surface area (TPSA) is 108 Å². The maximum atomic E-state index is 12.3. The van der Waals surface area contributed by atoms with Crippen molar-refractivity contribution in [2.75, 3.05) is 13.1 Å². The molecule has 0 aromatic carbocycles. The van der Waals surface area contributed by atoms with Gasteiger partial charge in [-0.2, -0.15) is 4.31 Å². The Labute approximate surface area is 116 Å². The van der Waals surface area contributed by atoms with Gasteiger partial charge in [0.25, 0.3) is 10.0 Å². The molecule has 1 aromatic rings.